The van der Waals surface area contributed by atoms with E-state index < -0.39 is 6.04 Å². The highest BCUT2D eigenvalue weighted by atomic mass is 16.2. The number of carbonyl (C=O) groups excluding carboxylic acids is 2. The zero-order chi connectivity index (χ0) is 28.4. The highest BCUT2D eigenvalue weighted by molar-refractivity contribution is 5.87. The van der Waals surface area contributed by atoms with Gasteiger partial charge in [-0.2, -0.15) is 0 Å². The van der Waals surface area contributed by atoms with E-state index in [0.717, 1.165) is 19.0 Å². The number of fused-ring (bicyclic) bond motifs is 1. The van der Waals surface area contributed by atoms with Crippen LogP contribution in [-0.4, -0.2) is 80.7 Å². The lowest BCUT2D eigenvalue weighted by Crippen LogP contribution is -2.53. The molecule has 3 aromatic rings. The van der Waals surface area contributed by atoms with Crippen LogP contribution in [-0.2, 0) is 4.79 Å². The van der Waals surface area contributed by atoms with Gasteiger partial charge >= 0.3 is 11.7 Å². The monoisotopic (exact) mass is 538 g/mol. The SMILES string of the molecule is CC.CCN1CC(c2ccccc2)CCC(NC(=O)N2CCC(n3c(=O)[nH]c4ncccc43)CC2)C1=O.CO. The van der Waals surface area contributed by atoms with Gasteiger partial charge in [0.1, 0.15) is 6.04 Å². The maximum atomic E-state index is 13.2. The highest BCUT2D eigenvalue weighted by Gasteiger charge is 2.34. The summed E-state index contributed by atoms with van der Waals surface area (Å²) in [4.78, 5) is 49.5. The van der Waals surface area contributed by atoms with Crippen molar-refractivity contribution >= 4 is 23.1 Å². The summed E-state index contributed by atoms with van der Waals surface area (Å²) in [7, 11) is 1.00. The number of urea groups is 1. The van der Waals surface area contributed by atoms with Gasteiger partial charge in [-0.05, 0) is 50.3 Å². The first-order valence-corrected chi connectivity index (χ1v) is 13.9. The second kappa shape index (κ2) is 14.5. The van der Waals surface area contributed by atoms with Gasteiger partial charge in [0.15, 0.2) is 5.65 Å². The summed E-state index contributed by atoms with van der Waals surface area (Å²) in [6.45, 7) is 8.33. The van der Waals surface area contributed by atoms with Crippen LogP contribution in [0.2, 0.25) is 0 Å². The minimum Gasteiger partial charge on any atom is -0.400 e. The molecule has 4 heterocycles. The Morgan fingerprint density at radius 2 is 1.72 bits per heavy atom. The molecule has 2 fully saturated rings. The van der Waals surface area contributed by atoms with E-state index >= 15 is 0 Å². The summed E-state index contributed by atoms with van der Waals surface area (Å²) in [5, 5.41) is 10.0. The molecule has 2 aliphatic heterocycles. The number of hydrogen-bond acceptors (Lipinski definition) is 5. The zero-order valence-corrected chi connectivity index (χ0v) is 23.5. The number of H-pyrrole nitrogens is 1. The van der Waals surface area contributed by atoms with Crippen molar-refractivity contribution in [1.29, 1.82) is 0 Å². The number of piperidine rings is 1. The number of nitrogens with zero attached hydrogens (tertiary/aromatic N) is 4. The van der Waals surface area contributed by atoms with Crippen molar-refractivity contribution in [3.05, 3.63) is 64.7 Å². The number of likely N-dealkylation sites (N-methyl/N-ethyl adjacent to an activating group) is 1. The molecule has 1 aromatic carbocycles. The van der Waals surface area contributed by atoms with Gasteiger partial charge in [0.05, 0.1) is 5.52 Å². The summed E-state index contributed by atoms with van der Waals surface area (Å²) in [6, 6.07) is 13.3. The molecule has 212 valence electrons. The van der Waals surface area contributed by atoms with Crippen LogP contribution in [0.4, 0.5) is 4.79 Å². The molecule has 0 bridgehead atoms. The normalized spacial score (nSPS) is 19.9. The molecule has 0 spiro atoms. The number of pyridine rings is 1. The highest BCUT2D eigenvalue weighted by Crippen LogP contribution is 2.28. The molecule has 2 atom stereocenters. The number of imidazole rings is 1. The molecule has 3 amide bonds. The molecular formula is C29H42N6O4. The fourth-order valence-electron chi connectivity index (χ4n) is 5.46. The lowest BCUT2D eigenvalue weighted by molar-refractivity contribution is -0.132. The number of aliphatic hydroxyl groups is 1. The van der Waals surface area contributed by atoms with E-state index in [9.17, 15) is 14.4 Å². The van der Waals surface area contributed by atoms with Crippen molar-refractivity contribution in [3.63, 3.8) is 0 Å². The molecule has 2 aromatic heterocycles. The van der Waals surface area contributed by atoms with E-state index in [2.05, 4.69) is 27.4 Å². The van der Waals surface area contributed by atoms with Crippen molar-refractivity contribution in [2.75, 3.05) is 33.3 Å². The maximum Gasteiger partial charge on any atom is 0.327 e. The molecule has 39 heavy (non-hydrogen) atoms. The smallest absolute Gasteiger partial charge is 0.327 e. The summed E-state index contributed by atoms with van der Waals surface area (Å²) >= 11 is 0. The topological polar surface area (TPSA) is 124 Å². The first kappa shape index (κ1) is 29.9. The number of hydrogen-bond donors (Lipinski definition) is 3. The van der Waals surface area contributed by atoms with E-state index in [1.807, 2.05) is 56.0 Å². The lowest BCUT2D eigenvalue weighted by Gasteiger charge is -2.33. The third-order valence-corrected chi connectivity index (χ3v) is 7.41. The Labute approximate surface area is 230 Å². The van der Waals surface area contributed by atoms with Gasteiger partial charge < -0.3 is 20.2 Å². The van der Waals surface area contributed by atoms with Crippen molar-refractivity contribution in [3.8, 4) is 0 Å². The Kier molecular flexibility index (Phi) is 11.1. The minimum atomic E-state index is -0.517. The number of amides is 3. The number of aliphatic hydroxyl groups excluding tert-OH is 1. The molecule has 0 radical (unpaired) electrons. The quantitative estimate of drug-likeness (QED) is 0.469. The van der Waals surface area contributed by atoms with Crippen LogP contribution in [0, 0.1) is 0 Å². The van der Waals surface area contributed by atoms with E-state index in [1.54, 1.807) is 15.7 Å². The number of likely N-dealkylation sites (tertiary alicyclic amines) is 2. The summed E-state index contributed by atoms with van der Waals surface area (Å²) in [5.74, 6) is 0.258. The number of benzene rings is 1. The van der Waals surface area contributed by atoms with E-state index in [-0.39, 0.29) is 29.6 Å². The van der Waals surface area contributed by atoms with Gasteiger partial charge in [-0.1, -0.05) is 44.2 Å². The molecule has 2 saturated heterocycles. The molecule has 2 unspecified atom stereocenters. The van der Waals surface area contributed by atoms with Crippen molar-refractivity contribution in [2.24, 2.45) is 0 Å². The standard InChI is InChI=1S/C26H32N6O3.C2H6.CH4O/c1-2-30-17-19(18-7-4-3-5-8-18)10-11-21(24(30)33)28-25(34)31-15-12-20(13-16-31)32-22-9-6-14-27-23(22)29-26(32)35;2*1-2/h3-9,14,19-21H,2,10-13,15-17H2,1H3,(H,28,34)(H,27,29,35);1-2H3;2H,1H3. The van der Waals surface area contributed by atoms with Gasteiger partial charge in [0, 0.05) is 51.4 Å². The summed E-state index contributed by atoms with van der Waals surface area (Å²) in [6.07, 6.45) is 4.47. The Hall–Kier alpha value is -3.66. The average molecular weight is 539 g/mol. The number of aromatic nitrogens is 3. The Morgan fingerprint density at radius 1 is 1.03 bits per heavy atom. The van der Waals surface area contributed by atoms with Crippen molar-refractivity contribution < 1.29 is 14.7 Å². The van der Waals surface area contributed by atoms with Gasteiger partial charge in [-0.3, -0.25) is 14.3 Å². The number of carbonyl (C=O) groups is 2. The average Bonchev–Trinajstić information content (AvgIpc) is 3.25. The molecule has 0 aliphatic carbocycles. The predicted molar refractivity (Wildman–Crippen MR) is 153 cm³/mol. The van der Waals surface area contributed by atoms with Crippen LogP contribution in [0.15, 0.2) is 53.5 Å². The summed E-state index contributed by atoms with van der Waals surface area (Å²) < 4.78 is 1.76. The van der Waals surface area contributed by atoms with Gasteiger partial charge in [-0.25, -0.2) is 14.6 Å². The first-order valence-electron chi connectivity index (χ1n) is 13.9. The number of aromatic amines is 1. The van der Waals surface area contributed by atoms with Crippen LogP contribution in [0.25, 0.3) is 11.2 Å². The van der Waals surface area contributed by atoms with Crippen LogP contribution in [0.1, 0.15) is 64.0 Å². The van der Waals surface area contributed by atoms with Crippen LogP contribution in [0.5, 0.6) is 0 Å². The molecule has 2 aliphatic rings. The third-order valence-electron chi connectivity index (χ3n) is 7.41. The summed E-state index contributed by atoms with van der Waals surface area (Å²) in [5.41, 5.74) is 2.43. The van der Waals surface area contributed by atoms with Gasteiger partial charge in [-0.15, -0.1) is 0 Å². The van der Waals surface area contributed by atoms with Crippen LogP contribution >= 0.6 is 0 Å². The van der Waals surface area contributed by atoms with Gasteiger partial charge in [0.2, 0.25) is 5.91 Å². The second-order valence-electron chi connectivity index (χ2n) is 9.45. The number of nitrogens with one attached hydrogen (secondary N) is 2. The molecule has 10 heteroatoms. The fraction of sp³-hybridized carbons (Fsp3) is 0.517. The second-order valence-corrected chi connectivity index (χ2v) is 9.45. The molecule has 3 N–H and O–H groups in total. The predicted octanol–water partition coefficient (Wildman–Crippen LogP) is 3.50. The van der Waals surface area contributed by atoms with E-state index in [0.29, 0.717) is 51.1 Å². The van der Waals surface area contributed by atoms with Gasteiger partial charge in [0.25, 0.3) is 0 Å². The maximum absolute atomic E-state index is 13.2. The van der Waals surface area contributed by atoms with Crippen LogP contribution in [0.3, 0.4) is 0 Å². The Balaban J connectivity index is 0.00000100. The van der Waals surface area contributed by atoms with Crippen molar-refractivity contribution in [2.45, 2.75) is 64.5 Å². The minimum absolute atomic E-state index is 0.00576. The zero-order valence-electron chi connectivity index (χ0n) is 23.5. The largest absolute Gasteiger partial charge is 0.400 e. The van der Waals surface area contributed by atoms with Crippen LogP contribution < -0.4 is 11.0 Å². The first-order chi connectivity index (χ1) is 19.0. The molecule has 0 saturated carbocycles. The molecule has 5 rings (SSSR count). The fourth-order valence-corrected chi connectivity index (χ4v) is 5.46. The van der Waals surface area contributed by atoms with E-state index in [1.165, 1.54) is 5.56 Å². The lowest BCUT2D eigenvalue weighted by atomic mass is 9.94. The third kappa shape index (κ3) is 6.86. The number of rotatable bonds is 4. The molecular weight excluding hydrogens is 496 g/mol. The van der Waals surface area contributed by atoms with E-state index in [4.69, 9.17) is 5.11 Å². The molecule has 10 nitrogen and oxygen atoms in total. The van der Waals surface area contributed by atoms with Crippen molar-refractivity contribution in [1.82, 2.24) is 29.7 Å². The Morgan fingerprint density at radius 3 is 2.38 bits per heavy atom. The Bertz CT molecular complexity index is 1250.